The highest BCUT2D eigenvalue weighted by atomic mass is 16.2. The van der Waals surface area contributed by atoms with E-state index in [0.717, 1.165) is 22.0 Å². The topological polar surface area (TPSA) is 91.1 Å². The highest BCUT2D eigenvalue weighted by Gasteiger charge is 2.26. The molecule has 1 aromatic heterocycles. The number of nitrogens with one attached hydrogen (secondary N) is 3. The van der Waals surface area contributed by atoms with Crippen LogP contribution in [0, 0.1) is 13.8 Å². The van der Waals surface area contributed by atoms with Crippen molar-refractivity contribution in [3.05, 3.63) is 45.2 Å². The van der Waals surface area contributed by atoms with Crippen molar-refractivity contribution >= 4 is 22.7 Å². The Morgan fingerprint density at radius 2 is 1.96 bits per heavy atom. The lowest BCUT2D eigenvalue weighted by molar-refractivity contribution is -0.125. The molecule has 2 aromatic rings. The molecular formula is C17H19N3O3. The third-order valence-electron chi connectivity index (χ3n) is 4.30. The van der Waals surface area contributed by atoms with Gasteiger partial charge in [0.25, 0.3) is 5.56 Å². The molecule has 0 saturated carbocycles. The summed E-state index contributed by atoms with van der Waals surface area (Å²) in [7, 11) is 0. The van der Waals surface area contributed by atoms with Crippen LogP contribution in [0.5, 0.6) is 0 Å². The first-order valence-corrected chi connectivity index (χ1v) is 7.64. The summed E-state index contributed by atoms with van der Waals surface area (Å²) in [6, 6.07) is 5.27. The molecule has 6 nitrogen and oxygen atoms in total. The van der Waals surface area contributed by atoms with Crippen LogP contribution in [-0.4, -0.2) is 22.8 Å². The first-order valence-electron chi connectivity index (χ1n) is 7.64. The zero-order valence-electron chi connectivity index (χ0n) is 13.2. The lowest BCUT2D eigenvalue weighted by Crippen LogP contribution is -2.41. The molecule has 0 radical (unpaired) electrons. The number of benzene rings is 1. The minimum atomic E-state index is -0.494. The van der Waals surface area contributed by atoms with Crippen LogP contribution in [0.15, 0.2) is 23.0 Å². The van der Waals surface area contributed by atoms with E-state index in [4.69, 9.17) is 0 Å². The molecular weight excluding hydrogens is 294 g/mol. The van der Waals surface area contributed by atoms with Crippen molar-refractivity contribution < 1.29 is 9.59 Å². The lowest BCUT2D eigenvalue weighted by Gasteiger charge is -2.11. The Morgan fingerprint density at radius 1 is 1.22 bits per heavy atom. The zero-order chi connectivity index (χ0) is 16.6. The SMILES string of the molecule is Cc1cc2cc(CNC(=O)C3CCC(=O)N3)c(=O)[nH]c2cc1C. The maximum atomic E-state index is 12.1. The van der Waals surface area contributed by atoms with Crippen LogP contribution in [0.25, 0.3) is 10.9 Å². The quantitative estimate of drug-likeness (QED) is 0.790. The van der Waals surface area contributed by atoms with Gasteiger partial charge >= 0.3 is 0 Å². The molecule has 2 heterocycles. The number of amides is 2. The van der Waals surface area contributed by atoms with Gasteiger partial charge in [-0.05, 0) is 55.0 Å². The number of hydrogen-bond acceptors (Lipinski definition) is 3. The Morgan fingerprint density at radius 3 is 2.65 bits per heavy atom. The summed E-state index contributed by atoms with van der Waals surface area (Å²) in [6.45, 7) is 4.16. The number of aromatic nitrogens is 1. The zero-order valence-corrected chi connectivity index (χ0v) is 13.2. The average Bonchev–Trinajstić information content (AvgIpc) is 2.93. The van der Waals surface area contributed by atoms with Gasteiger partial charge in [-0.1, -0.05) is 0 Å². The van der Waals surface area contributed by atoms with Gasteiger partial charge in [0.2, 0.25) is 11.8 Å². The van der Waals surface area contributed by atoms with Gasteiger partial charge in [-0.3, -0.25) is 14.4 Å². The third kappa shape index (κ3) is 3.11. The van der Waals surface area contributed by atoms with E-state index >= 15 is 0 Å². The van der Waals surface area contributed by atoms with Gasteiger partial charge < -0.3 is 15.6 Å². The van der Waals surface area contributed by atoms with Gasteiger partial charge in [0.15, 0.2) is 0 Å². The molecule has 2 amide bonds. The van der Waals surface area contributed by atoms with Gasteiger partial charge in [-0.25, -0.2) is 0 Å². The van der Waals surface area contributed by atoms with E-state index in [-0.39, 0.29) is 23.9 Å². The largest absolute Gasteiger partial charge is 0.350 e. The molecule has 1 fully saturated rings. The van der Waals surface area contributed by atoms with Crippen molar-refractivity contribution in [2.45, 2.75) is 39.3 Å². The van der Waals surface area contributed by atoms with E-state index in [2.05, 4.69) is 15.6 Å². The van der Waals surface area contributed by atoms with E-state index in [1.807, 2.05) is 26.0 Å². The molecule has 120 valence electrons. The number of fused-ring (bicyclic) bond motifs is 1. The van der Waals surface area contributed by atoms with Gasteiger partial charge in [0.05, 0.1) is 0 Å². The van der Waals surface area contributed by atoms with Crippen LogP contribution in [-0.2, 0) is 16.1 Å². The van der Waals surface area contributed by atoms with E-state index in [1.54, 1.807) is 6.07 Å². The number of hydrogen-bond donors (Lipinski definition) is 3. The molecule has 1 unspecified atom stereocenters. The third-order valence-corrected chi connectivity index (χ3v) is 4.30. The predicted octanol–water partition coefficient (Wildman–Crippen LogP) is 1.04. The minimum absolute atomic E-state index is 0.112. The summed E-state index contributed by atoms with van der Waals surface area (Å²) >= 11 is 0. The molecule has 1 atom stereocenters. The van der Waals surface area contributed by atoms with Crippen molar-refractivity contribution in [3.8, 4) is 0 Å². The number of pyridine rings is 1. The molecule has 0 spiro atoms. The van der Waals surface area contributed by atoms with E-state index < -0.39 is 6.04 Å². The van der Waals surface area contributed by atoms with Crippen LogP contribution in [0.4, 0.5) is 0 Å². The van der Waals surface area contributed by atoms with Gasteiger partial charge in [-0.2, -0.15) is 0 Å². The Kier molecular flexibility index (Phi) is 3.90. The number of H-pyrrole nitrogens is 1. The van der Waals surface area contributed by atoms with Crippen molar-refractivity contribution in [3.63, 3.8) is 0 Å². The van der Waals surface area contributed by atoms with E-state index in [1.165, 1.54) is 0 Å². The molecule has 6 heteroatoms. The summed E-state index contributed by atoms with van der Waals surface area (Å²) in [6.07, 6.45) is 0.866. The predicted molar refractivity (Wildman–Crippen MR) is 87.1 cm³/mol. The molecule has 1 aromatic carbocycles. The summed E-state index contributed by atoms with van der Waals surface area (Å²) in [4.78, 5) is 38.1. The molecule has 0 aliphatic carbocycles. The maximum absolute atomic E-state index is 12.1. The van der Waals surface area contributed by atoms with E-state index in [9.17, 15) is 14.4 Å². The van der Waals surface area contributed by atoms with Gasteiger partial charge in [0, 0.05) is 24.0 Å². The van der Waals surface area contributed by atoms with Crippen LogP contribution in [0.1, 0.15) is 29.5 Å². The normalized spacial score (nSPS) is 17.3. The van der Waals surface area contributed by atoms with Crippen molar-refractivity contribution in [1.82, 2.24) is 15.6 Å². The van der Waals surface area contributed by atoms with Crippen LogP contribution >= 0.6 is 0 Å². The molecule has 1 aliphatic rings. The Balaban J connectivity index is 1.79. The van der Waals surface area contributed by atoms with Crippen molar-refractivity contribution in [1.29, 1.82) is 0 Å². The summed E-state index contributed by atoms with van der Waals surface area (Å²) in [5.41, 5.74) is 3.34. The number of carbonyl (C=O) groups excluding carboxylic acids is 2. The first kappa shape index (κ1) is 15.3. The Labute approximate surface area is 133 Å². The highest BCUT2D eigenvalue weighted by molar-refractivity contribution is 5.90. The second-order valence-electron chi connectivity index (χ2n) is 6.02. The first-order chi connectivity index (χ1) is 10.9. The lowest BCUT2D eigenvalue weighted by atomic mass is 10.0. The Bertz CT molecular complexity index is 854. The second kappa shape index (κ2) is 5.87. The standard InChI is InChI=1S/C17H19N3O3/c1-9-5-11-7-12(16(22)20-14(11)6-10(9)2)8-18-17(23)13-3-4-15(21)19-13/h5-7,13H,3-4,8H2,1-2H3,(H,18,23)(H,19,21)(H,20,22). The highest BCUT2D eigenvalue weighted by Crippen LogP contribution is 2.17. The molecule has 1 saturated heterocycles. The Hall–Kier alpha value is -2.63. The van der Waals surface area contributed by atoms with Gasteiger partial charge in [-0.15, -0.1) is 0 Å². The van der Waals surface area contributed by atoms with Gasteiger partial charge in [0.1, 0.15) is 6.04 Å². The van der Waals surface area contributed by atoms with Crippen molar-refractivity contribution in [2.75, 3.05) is 0 Å². The molecule has 0 bridgehead atoms. The summed E-state index contributed by atoms with van der Waals surface area (Å²) < 4.78 is 0. The second-order valence-corrected chi connectivity index (χ2v) is 6.02. The molecule has 3 N–H and O–H groups in total. The monoisotopic (exact) mass is 313 g/mol. The fourth-order valence-electron chi connectivity index (χ4n) is 2.77. The molecule has 1 aliphatic heterocycles. The maximum Gasteiger partial charge on any atom is 0.253 e. The summed E-state index contributed by atoms with van der Waals surface area (Å²) in [5.74, 6) is -0.366. The number of rotatable bonds is 3. The fraction of sp³-hybridized carbons (Fsp3) is 0.353. The van der Waals surface area contributed by atoms with E-state index in [0.29, 0.717) is 18.4 Å². The van der Waals surface area contributed by atoms with Crippen LogP contribution < -0.4 is 16.2 Å². The van der Waals surface area contributed by atoms with Crippen LogP contribution in [0.2, 0.25) is 0 Å². The summed E-state index contributed by atoms with van der Waals surface area (Å²) in [5, 5.41) is 6.27. The number of aromatic amines is 1. The fourth-order valence-corrected chi connectivity index (χ4v) is 2.77. The molecule has 3 rings (SSSR count). The minimum Gasteiger partial charge on any atom is -0.350 e. The van der Waals surface area contributed by atoms with Crippen LogP contribution in [0.3, 0.4) is 0 Å². The number of carbonyl (C=O) groups is 2. The number of aryl methyl sites for hydroxylation is 2. The average molecular weight is 313 g/mol. The molecule has 23 heavy (non-hydrogen) atoms. The smallest absolute Gasteiger partial charge is 0.253 e. The van der Waals surface area contributed by atoms with Crippen molar-refractivity contribution in [2.24, 2.45) is 0 Å².